The first kappa shape index (κ1) is 16.0. The number of nitrogens with one attached hydrogen (secondary N) is 2. The van der Waals surface area contributed by atoms with Gasteiger partial charge in [-0.2, -0.15) is 5.10 Å². The first-order chi connectivity index (χ1) is 10.6. The average molecular weight is 300 g/mol. The highest BCUT2D eigenvalue weighted by molar-refractivity contribution is 5.80. The summed E-state index contributed by atoms with van der Waals surface area (Å²) in [5.41, 5.74) is 2.58. The standard InChI is InChI=1S/C16H24N6/c1-5-13-6-8-14(9-7-13)12(2)21-16(17-3)18-10-15-19-11-20-22(15)4/h6-9,11-12H,5,10H2,1-4H3,(H2,17,18,21). The van der Waals surface area contributed by atoms with E-state index in [0.29, 0.717) is 6.54 Å². The fraction of sp³-hybridized carbons (Fsp3) is 0.438. The summed E-state index contributed by atoms with van der Waals surface area (Å²) >= 11 is 0. The van der Waals surface area contributed by atoms with Gasteiger partial charge in [0.2, 0.25) is 0 Å². The van der Waals surface area contributed by atoms with Crippen LogP contribution in [-0.4, -0.2) is 27.8 Å². The highest BCUT2D eigenvalue weighted by Gasteiger charge is 2.08. The van der Waals surface area contributed by atoms with Gasteiger partial charge in [0, 0.05) is 14.1 Å². The monoisotopic (exact) mass is 300 g/mol. The number of hydrogen-bond donors (Lipinski definition) is 2. The number of hydrogen-bond acceptors (Lipinski definition) is 3. The molecule has 1 aromatic heterocycles. The molecule has 6 nitrogen and oxygen atoms in total. The lowest BCUT2D eigenvalue weighted by atomic mass is 10.1. The van der Waals surface area contributed by atoms with Crippen LogP contribution in [0.1, 0.15) is 36.8 Å². The van der Waals surface area contributed by atoms with Gasteiger partial charge in [-0.25, -0.2) is 4.98 Å². The van der Waals surface area contributed by atoms with Crippen molar-refractivity contribution in [1.82, 2.24) is 25.4 Å². The summed E-state index contributed by atoms with van der Waals surface area (Å²) in [7, 11) is 3.64. The third kappa shape index (κ3) is 4.07. The molecule has 22 heavy (non-hydrogen) atoms. The van der Waals surface area contributed by atoms with Gasteiger partial charge in [-0.15, -0.1) is 0 Å². The van der Waals surface area contributed by atoms with Gasteiger partial charge in [-0.3, -0.25) is 9.67 Å². The number of aliphatic imine (C=N–C) groups is 1. The topological polar surface area (TPSA) is 67.1 Å². The number of aryl methyl sites for hydroxylation is 2. The van der Waals surface area contributed by atoms with Gasteiger partial charge in [0.1, 0.15) is 12.2 Å². The predicted molar refractivity (Wildman–Crippen MR) is 88.6 cm³/mol. The molecule has 1 atom stereocenters. The summed E-state index contributed by atoms with van der Waals surface area (Å²) in [6.07, 6.45) is 2.61. The van der Waals surface area contributed by atoms with Crippen molar-refractivity contribution < 1.29 is 0 Å². The minimum atomic E-state index is 0.177. The zero-order valence-electron chi connectivity index (χ0n) is 13.7. The summed E-state index contributed by atoms with van der Waals surface area (Å²) < 4.78 is 1.74. The van der Waals surface area contributed by atoms with Crippen LogP contribution in [0, 0.1) is 0 Å². The second-order valence-electron chi connectivity index (χ2n) is 5.19. The molecule has 0 bridgehead atoms. The van der Waals surface area contributed by atoms with Crippen LogP contribution in [0.15, 0.2) is 35.6 Å². The van der Waals surface area contributed by atoms with E-state index in [1.165, 1.54) is 11.1 Å². The molecule has 0 saturated heterocycles. The number of benzene rings is 1. The molecule has 0 fully saturated rings. The summed E-state index contributed by atoms with van der Waals surface area (Å²) in [6.45, 7) is 4.86. The Labute approximate surface area is 131 Å². The average Bonchev–Trinajstić information content (AvgIpc) is 2.96. The van der Waals surface area contributed by atoms with Crippen LogP contribution in [0.3, 0.4) is 0 Å². The van der Waals surface area contributed by atoms with Crippen molar-refractivity contribution in [2.45, 2.75) is 32.9 Å². The quantitative estimate of drug-likeness (QED) is 0.653. The summed E-state index contributed by atoms with van der Waals surface area (Å²) in [5, 5.41) is 10.7. The molecule has 1 heterocycles. The van der Waals surface area contributed by atoms with Gasteiger partial charge in [-0.1, -0.05) is 31.2 Å². The molecule has 118 valence electrons. The van der Waals surface area contributed by atoms with E-state index in [4.69, 9.17) is 0 Å². The lowest BCUT2D eigenvalue weighted by Crippen LogP contribution is -2.38. The molecule has 0 saturated carbocycles. The van der Waals surface area contributed by atoms with E-state index in [9.17, 15) is 0 Å². The van der Waals surface area contributed by atoms with E-state index in [0.717, 1.165) is 18.2 Å². The number of guanidine groups is 1. The maximum absolute atomic E-state index is 4.25. The Kier molecular flexibility index (Phi) is 5.52. The molecule has 0 aliphatic rings. The minimum Gasteiger partial charge on any atom is -0.350 e. The van der Waals surface area contributed by atoms with Crippen LogP contribution in [0.25, 0.3) is 0 Å². The van der Waals surface area contributed by atoms with Gasteiger partial charge in [0.25, 0.3) is 0 Å². The summed E-state index contributed by atoms with van der Waals surface area (Å²) in [4.78, 5) is 8.44. The Balaban J connectivity index is 1.92. The molecular formula is C16H24N6. The van der Waals surface area contributed by atoms with Crippen molar-refractivity contribution in [3.63, 3.8) is 0 Å². The molecule has 0 spiro atoms. The first-order valence-corrected chi connectivity index (χ1v) is 7.53. The number of nitrogens with zero attached hydrogens (tertiary/aromatic N) is 4. The van der Waals surface area contributed by atoms with Gasteiger partial charge in [0.15, 0.2) is 5.96 Å². The number of rotatable bonds is 5. The van der Waals surface area contributed by atoms with E-state index >= 15 is 0 Å². The third-order valence-electron chi connectivity index (χ3n) is 3.68. The molecule has 0 amide bonds. The fourth-order valence-corrected chi connectivity index (χ4v) is 2.17. The van der Waals surface area contributed by atoms with Crippen molar-refractivity contribution in [3.8, 4) is 0 Å². The molecule has 2 aromatic rings. The fourth-order valence-electron chi connectivity index (χ4n) is 2.17. The maximum Gasteiger partial charge on any atom is 0.191 e. The van der Waals surface area contributed by atoms with Gasteiger partial charge in [-0.05, 0) is 24.5 Å². The zero-order chi connectivity index (χ0) is 15.9. The molecule has 6 heteroatoms. The molecule has 0 aliphatic heterocycles. The zero-order valence-corrected chi connectivity index (χ0v) is 13.7. The normalized spacial score (nSPS) is 13.0. The van der Waals surface area contributed by atoms with Crippen LogP contribution < -0.4 is 10.6 Å². The van der Waals surface area contributed by atoms with Crippen LogP contribution >= 0.6 is 0 Å². The molecular weight excluding hydrogens is 276 g/mol. The van der Waals surface area contributed by atoms with Crippen LogP contribution in [0.5, 0.6) is 0 Å². The van der Waals surface area contributed by atoms with Gasteiger partial charge < -0.3 is 10.6 Å². The Hall–Kier alpha value is -2.37. The lowest BCUT2D eigenvalue weighted by molar-refractivity contribution is 0.651. The Morgan fingerprint density at radius 1 is 1.32 bits per heavy atom. The Bertz CT molecular complexity index is 614. The van der Waals surface area contributed by atoms with E-state index in [1.54, 1.807) is 18.1 Å². The van der Waals surface area contributed by atoms with E-state index in [2.05, 4.69) is 63.8 Å². The maximum atomic E-state index is 4.25. The largest absolute Gasteiger partial charge is 0.350 e. The molecule has 1 unspecified atom stereocenters. The van der Waals surface area contributed by atoms with E-state index in [1.807, 2.05) is 7.05 Å². The second-order valence-corrected chi connectivity index (χ2v) is 5.19. The molecule has 1 aromatic carbocycles. The minimum absolute atomic E-state index is 0.177. The molecule has 2 rings (SSSR count). The van der Waals surface area contributed by atoms with E-state index < -0.39 is 0 Å². The first-order valence-electron chi connectivity index (χ1n) is 7.53. The van der Waals surface area contributed by atoms with Crippen molar-refractivity contribution in [2.75, 3.05) is 7.05 Å². The van der Waals surface area contributed by atoms with E-state index in [-0.39, 0.29) is 6.04 Å². The predicted octanol–water partition coefficient (Wildman–Crippen LogP) is 1.80. The molecule has 2 N–H and O–H groups in total. The smallest absolute Gasteiger partial charge is 0.191 e. The van der Waals surface area contributed by atoms with Crippen LogP contribution in [-0.2, 0) is 20.0 Å². The van der Waals surface area contributed by atoms with Crippen molar-refractivity contribution >= 4 is 5.96 Å². The summed E-state index contributed by atoms with van der Waals surface area (Å²) in [5.74, 6) is 1.61. The Morgan fingerprint density at radius 2 is 2.05 bits per heavy atom. The van der Waals surface area contributed by atoms with Gasteiger partial charge in [0.05, 0.1) is 12.6 Å². The van der Waals surface area contributed by atoms with Crippen molar-refractivity contribution in [2.24, 2.45) is 12.0 Å². The summed E-state index contributed by atoms with van der Waals surface area (Å²) in [6, 6.07) is 8.84. The van der Waals surface area contributed by atoms with Crippen molar-refractivity contribution in [1.29, 1.82) is 0 Å². The molecule has 0 aliphatic carbocycles. The van der Waals surface area contributed by atoms with Crippen molar-refractivity contribution in [3.05, 3.63) is 47.5 Å². The Morgan fingerprint density at radius 3 is 2.59 bits per heavy atom. The highest BCUT2D eigenvalue weighted by atomic mass is 15.3. The SMILES string of the molecule is CCc1ccc(C(C)NC(=NC)NCc2ncnn2C)cc1. The second kappa shape index (κ2) is 7.59. The molecule has 0 radical (unpaired) electrons. The third-order valence-corrected chi connectivity index (χ3v) is 3.68. The highest BCUT2D eigenvalue weighted by Crippen LogP contribution is 2.13. The van der Waals surface area contributed by atoms with Gasteiger partial charge >= 0.3 is 0 Å². The number of aromatic nitrogens is 3. The van der Waals surface area contributed by atoms with Crippen LogP contribution in [0.4, 0.5) is 0 Å². The van der Waals surface area contributed by atoms with Crippen LogP contribution in [0.2, 0.25) is 0 Å². The lowest BCUT2D eigenvalue weighted by Gasteiger charge is -2.18.